The number of rotatable bonds is 9. The number of nitrogens with zero attached hydrogens (tertiary/aromatic N) is 1. The molecule has 1 atom stereocenters. The van der Waals surface area contributed by atoms with Crippen molar-refractivity contribution in [1.29, 1.82) is 0 Å². The fraction of sp³-hybridized carbons (Fsp3) is 0.241. The molecule has 7 heteroatoms. The maximum absolute atomic E-state index is 13.2. The summed E-state index contributed by atoms with van der Waals surface area (Å²) >= 11 is 0. The number of Topliss-reactive ketones (excluding diaryl/α,β-unsaturated/α-hetero) is 1. The van der Waals surface area contributed by atoms with E-state index in [9.17, 15) is 19.8 Å². The Morgan fingerprint density at radius 2 is 1.53 bits per heavy atom. The number of aliphatic hydroxyl groups is 1. The van der Waals surface area contributed by atoms with Crippen LogP contribution < -0.4 is 14.4 Å². The van der Waals surface area contributed by atoms with E-state index in [-0.39, 0.29) is 17.1 Å². The Kier molecular flexibility index (Phi) is 7.59. The van der Waals surface area contributed by atoms with E-state index in [1.54, 1.807) is 67.8 Å². The highest BCUT2D eigenvalue weighted by molar-refractivity contribution is 6.51. The van der Waals surface area contributed by atoms with Crippen LogP contribution in [0.1, 0.15) is 43.4 Å². The van der Waals surface area contributed by atoms with Crippen LogP contribution in [0.15, 0.2) is 78.4 Å². The molecule has 3 aromatic carbocycles. The van der Waals surface area contributed by atoms with Gasteiger partial charge in [-0.2, -0.15) is 0 Å². The quantitative estimate of drug-likeness (QED) is 0.177. The lowest BCUT2D eigenvalue weighted by Crippen LogP contribution is -2.29. The van der Waals surface area contributed by atoms with Gasteiger partial charge in [0.05, 0.1) is 25.3 Å². The minimum Gasteiger partial charge on any atom is -0.508 e. The van der Waals surface area contributed by atoms with Crippen molar-refractivity contribution in [2.45, 2.75) is 32.2 Å². The second-order valence-corrected chi connectivity index (χ2v) is 8.54. The average Bonchev–Trinajstić information content (AvgIpc) is 3.17. The highest BCUT2D eigenvalue weighted by atomic mass is 16.5. The number of aromatic hydroxyl groups is 1. The SMILES string of the molecule is CCCCCOc1ccc(/C(O)=C2\C(=O)C(=O)N(c3ccc(OC)cc3)C2c2ccc(O)cc2)cc1. The molecule has 3 aromatic rings. The lowest BCUT2D eigenvalue weighted by Gasteiger charge is -2.25. The Balaban J connectivity index is 1.74. The zero-order chi connectivity index (χ0) is 25.7. The van der Waals surface area contributed by atoms with Gasteiger partial charge >= 0.3 is 0 Å². The number of benzene rings is 3. The number of phenols is 1. The van der Waals surface area contributed by atoms with Crippen molar-refractivity contribution >= 4 is 23.1 Å². The minimum absolute atomic E-state index is 0.0295. The van der Waals surface area contributed by atoms with E-state index >= 15 is 0 Å². The second kappa shape index (κ2) is 11.0. The van der Waals surface area contributed by atoms with Crippen molar-refractivity contribution in [3.8, 4) is 17.2 Å². The first-order chi connectivity index (χ1) is 17.4. The molecule has 0 spiro atoms. The largest absolute Gasteiger partial charge is 0.508 e. The molecule has 1 unspecified atom stereocenters. The number of anilines is 1. The molecule has 0 saturated carbocycles. The van der Waals surface area contributed by atoms with Crippen molar-refractivity contribution < 1.29 is 29.3 Å². The van der Waals surface area contributed by atoms with Crippen molar-refractivity contribution in [1.82, 2.24) is 0 Å². The van der Waals surface area contributed by atoms with Gasteiger partial charge in [-0.05, 0) is 72.6 Å². The van der Waals surface area contributed by atoms with Crippen LogP contribution in [0.4, 0.5) is 5.69 Å². The molecule has 2 N–H and O–H groups in total. The van der Waals surface area contributed by atoms with Crippen molar-refractivity contribution in [2.75, 3.05) is 18.6 Å². The van der Waals surface area contributed by atoms with Crippen LogP contribution in [0.3, 0.4) is 0 Å². The van der Waals surface area contributed by atoms with Gasteiger partial charge in [-0.15, -0.1) is 0 Å². The lowest BCUT2D eigenvalue weighted by molar-refractivity contribution is -0.132. The molecule has 0 radical (unpaired) electrons. The number of methoxy groups -OCH3 is 1. The summed E-state index contributed by atoms with van der Waals surface area (Å²) in [5, 5.41) is 21.0. The van der Waals surface area contributed by atoms with Gasteiger partial charge in [-0.1, -0.05) is 31.9 Å². The van der Waals surface area contributed by atoms with Crippen LogP contribution in [-0.2, 0) is 9.59 Å². The molecule has 7 nitrogen and oxygen atoms in total. The first-order valence-corrected chi connectivity index (χ1v) is 11.9. The number of carbonyl (C=O) groups is 2. The molecule has 0 aromatic heterocycles. The lowest BCUT2D eigenvalue weighted by atomic mass is 9.95. The Bertz CT molecular complexity index is 1250. The normalized spacial score (nSPS) is 16.8. The number of aliphatic hydroxyl groups excluding tert-OH is 1. The molecule has 1 heterocycles. The standard InChI is InChI=1S/C29H29NO6/c1-3-4-5-18-36-24-14-8-20(9-15-24)27(32)25-26(19-6-12-22(31)13-7-19)30(29(34)28(25)33)21-10-16-23(35-2)17-11-21/h6-17,26,31-32H,3-5,18H2,1-2H3/b27-25+. The summed E-state index contributed by atoms with van der Waals surface area (Å²) in [5.74, 6) is -0.503. The molecule has 1 fully saturated rings. The number of hydrogen-bond acceptors (Lipinski definition) is 6. The van der Waals surface area contributed by atoms with Gasteiger partial charge in [-0.25, -0.2) is 0 Å². The predicted molar refractivity (Wildman–Crippen MR) is 137 cm³/mol. The van der Waals surface area contributed by atoms with Crippen LogP contribution in [0.5, 0.6) is 17.2 Å². The number of amides is 1. The van der Waals surface area contributed by atoms with Gasteiger partial charge < -0.3 is 19.7 Å². The van der Waals surface area contributed by atoms with E-state index in [0.717, 1.165) is 19.3 Å². The van der Waals surface area contributed by atoms with Gasteiger partial charge in [-0.3, -0.25) is 14.5 Å². The minimum atomic E-state index is -0.885. The summed E-state index contributed by atoms with van der Waals surface area (Å²) in [5.41, 5.74) is 1.41. The third-order valence-corrected chi connectivity index (χ3v) is 6.15. The Morgan fingerprint density at radius 3 is 2.14 bits per heavy atom. The topological polar surface area (TPSA) is 96.3 Å². The molecular formula is C29H29NO6. The number of ketones is 1. The van der Waals surface area contributed by atoms with Gasteiger partial charge in [0.25, 0.3) is 11.7 Å². The van der Waals surface area contributed by atoms with Crippen LogP contribution >= 0.6 is 0 Å². The van der Waals surface area contributed by atoms with Crippen molar-refractivity contribution in [3.05, 3.63) is 89.5 Å². The summed E-state index contributed by atoms with van der Waals surface area (Å²) < 4.78 is 11.0. The highest BCUT2D eigenvalue weighted by Gasteiger charge is 2.47. The molecule has 0 bridgehead atoms. The third kappa shape index (κ3) is 5.05. The van der Waals surface area contributed by atoms with Gasteiger partial charge in [0, 0.05) is 11.3 Å². The fourth-order valence-electron chi connectivity index (χ4n) is 4.22. The maximum atomic E-state index is 13.2. The molecule has 1 aliphatic rings. The fourth-order valence-corrected chi connectivity index (χ4v) is 4.22. The number of hydrogen-bond donors (Lipinski definition) is 2. The van der Waals surface area contributed by atoms with Crippen LogP contribution in [0.25, 0.3) is 5.76 Å². The smallest absolute Gasteiger partial charge is 0.300 e. The van der Waals surface area contributed by atoms with E-state index < -0.39 is 17.7 Å². The van der Waals surface area contributed by atoms with E-state index in [1.807, 2.05) is 0 Å². The van der Waals surface area contributed by atoms with Crippen molar-refractivity contribution in [3.63, 3.8) is 0 Å². The molecule has 186 valence electrons. The van der Waals surface area contributed by atoms with E-state index in [4.69, 9.17) is 9.47 Å². The zero-order valence-electron chi connectivity index (χ0n) is 20.3. The number of ether oxygens (including phenoxy) is 2. The predicted octanol–water partition coefficient (Wildman–Crippen LogP) is 5.60. The summed E-state index contributed by atoms with van der Waals surface area (Å²) in [4.78, 5) is 27.8. The van der Waals surface area contributed by atoms with E-state index in [1.165, 1.54) is 17.0 Å². The second-order valence-electron chi connectivity index (χ2n) is 8.54. The third-order valence-electron chi connectivity index (χ3n) is 6.15. The monoisotopic (exact) mass is 487 g/mol. The number of unbranched alkanes of at least 4 members (excludes halogenated alkanes) is 2. The first kappa shape index (κ1) is 24.9. The van der Waals surface area contributed by atoms with E-state index in [2.05, 4.69) is 6.92 Å². The average molecular weight is 488 g/mol. The van der Waals surface area contributed by atoms with Gasteiger partial charge in [0.1, 0.15) is 23.0 Å². The molecular weight excluding hydrogens is 458 g/mol. The molecule has 1 saturated heterocycles. The number of carbonyl (C=O) groups excluding carboxylic acids is 2. The Morgan fingerprint density at radius 1 is 0.889 bits per heavy atom. The zero-order valence-corrected chi connectivity index (χ0v) is 20.3. The summed E-state index contributed by atoms with van der Waals surface area (Å²) in [6.07, 6.45) is 3.15. The van der Waals surface area contributed by atoms with Crippen LogP contribution in [0, 0.1) is 0 Å². The van der Waals surface area contributed by atoms with Gasteiger partial charge in [0.15, 0.2) is 0 Å². The first-order valence-electron chi connectivity index (χ1n) is 11.9. The highest BCUT2D eigenvalue weighted by Crippen LogP contribution is 2.42. The van der Waals surface area contributed by atoms with Gasteiger partial charge in [0.2, 0.25) is 0 Å². The summed E-state index contributed by atoms with van der Waals surface area (Å²) in [7, 11) is 1.54. The molecule has 0 aliphatic carbocycles. The molecule has 4 rings (SSSR count). The van der Waals surface area contributed by atoms with E-state index in [0.29, 0.717) is 34.9 Å². The molecule has 1 amide bonds. The summed E-state index contributed by atoms with van der Waals surface area (Å²) in [6.45, 7) is 2.73. The molecule has 36 heavy (non-hydrogen) atoms. The van der Waals surface area contributed by atoms with Crippen molar-refractivity contribution in [2.24, 2.45) is 0 Å². The Labute approximate surface area is 210 Å². The Hall–Kier alpha value is -4.26. The summed E-state index contributed by atoms with van der Waals surface area (Å²) in [6, 6.07) is 18.9. The number of phenolic OH excluding ortho intramolecular Hbond substituents is 1. The van der Waals surface area contributed by atoms with Crippen LogP contribution in [-0.4, -0.2) is 35.6 Å². The maximum Gasteiger partial charge on any atom is 0.300 e. The van der Waals surface area contributed by atoms with Crippen LogP contribution in [0.2, 0.25) is 0 Å². The molecule has 1 aliphatic heterocycles.